The molecule has 2 nitrogen and oxygen atoms in total. The standard InChI is InChI=1S/C17H30N2S/c1-12(2)15-6-7-19(10-15)11-16-8-17(20-14(16)5)9-18-13(3)4/h8,12-13,15,18H,6-7,9-11H2,1-5H3. The van der Waals surface area contributed by atoms with Crippen LogP contribution >= 0.6 is 11.3 Å². The van der Waals surface area contributed by atoms with E-state index in [9.17, 15) is 0 Å². The first-order chi connectivity index (χ1) is 9.45. The van der Waals surface area contributed by atoms with Gasteiger partial charge in [0.1, 0.15) is 0 Å². The smallest absolute Gasteiger partial charge is 0.0302 e. The van der Waals surface area contributed by atoms with Crippen molar-refractivity contribution in [3.8, 4) is 0 Å². The lowest BCUT2D eigenvalue weighted by Crippen LogP contribution is -2.22. The molecule has 114 valence electrons. The van der Waals surface area contributed by atoms with Crippen molar-refractivity contribution in [1.29, 1.82) is 0 Å². The predicted molar refractivity (Wildman–Crippen MR) is 89.3 cm³/mol. The van der Waals surface area contributed by atoms with Crippen LogP contribution in [-0.2, 0) is 13.1 Å². The lowest BCUT2D eigenvalue weighted by Gasteiger charge is -2.17. The third-order valence-corrected chi connectivity index (χ3v) is 5.49. The van der Waals surface area contributed by atoms with E-state index in [4.69, 9.17) is 0 Å². The first-order valence-electron chi connectivity index (χ1n) is 7.99. The number of hydrogen-bond donors (Lipinski definition) is 1. The highest BCUT2D eigenvalue weighted by Gasteiger charge is 2.25. The Morgan fingerprint density at radius 1 is 1.35 bits per heavy atom. The molecule has 1 aliphatic heterocycles. The molecule has 20 heavy (non-hydrogen) atoms. The molecule has 1 aliphatic rings. The van der Waals surface area contributed by atoms with Crippen LogP contribution in [0.15, 0.2) is 6.07 Å². The summed E-state index contributed by atoms with van der Waals surface area (Å²) >= 11 is 1.96. The SMILES string of the molecule is Cc1sc(CNC(C)C)cc1CN1CCC(C(C)C)C1. The van der Waals surface area contributed by atoms with Crippen molar-refractivity contribution < 1.29 is 0 Å². The number of rotatable bonds is 6. The zero-order valence-electron chi connectivity index (χ0n) is 13.7. The molecule has 1 aromatic rings. The molecule has 1 fully saturated rings. The summed E-state index contributed by atoms with van der Waals surface area (Å²) < 4.78 is 0. The highest BCUT2D eigenvalue weighted by atomic mass is 32.1. The molecule has 1 aromatic heterocycles. The van der Waals surface area contributed by atoms with Gasteiger partial charge in [-0.3, -0.25) is 4.90 Å². The second-order valence-electron chi connectivity index (χ2n) is 6.86. The van der Waals surface area contributed by atoms with Crippen LogP contribution in [0.1, 0.15) is 49.4 Å². The minimum atomic E-state index is 0.561. The third-order valence-electron chi connectivity index (χ3n) is 4.40. The largest absolute Gasteiger partial charge is 0.310 e. The maximum atomic E-state index is 3.51. The Kier molecular flexibility index (Phi) is 5.65. The fraction of sp³-hybridized carbons (Fsp3) is 0.765. The fourth-order valence-corrected chi connectivity index (χ4v) is 3.93. The lowest BCUT2D eigenvalue weighted by atomic mass is 9.95. The van der Waals surface area contributed by atoms with Gasteiger partial charge in [0, 0.05) is 35.4 Å². The second kappa shape index (κ2) is 7.06. The summed E-state index contributed by atoms with van der Waals surface area (Å²) in [6.45, 7) is 16.1. The van der Waals surface area contributed by atoms with Gasteiger partial charge in [0.05, 0.1) is 0 Å². The number of nitrogens with zero attached hydrogens (tertiary/aromatic N) is 1. The van der Waals surface area contributed by atoms with Gasteiger partial charge in [-0.1, -0.05) is 27.7 Å². The molecule has 2 heterocycles. The maximum absolute atomic E-state index is 3.51. The van der Waals surface area contributed by atoms with E-state index in [2.05, 4.69) is 50.9 Å². The number of nitrogens with one attached hydrogen (secondary N) is 1. The number of aryl methyl sites for hydroxylation is 1. The maximum Gasteiger partial charge on any atom is 0.0302 e. The van der Waals surface area contributed by atoms with Crippen LogP contribution < -0.4 is 5.32 Å². The summed E-state index contributed by atoms with van der Waals surface area (Å²) in [6, 6.07) is 2.98. The Bertz CT molecular complexity index is 423. The van der Waals surface area contributed by atoms with Gasteiger partial charge in [-0.15, -0.1) is 11.3 Å². The van der Waals surface area contributed by atoms with Crippen LogP contribution in [-0.4, -0.2) is 24.0 Å². The lowest BCUT2D eigenvalue weighted by molar-refractivity contribution is 0.296. The average Bonchev–Trinajstić information content (AvgIpc) is 2.95. The Hall–Kier alpha value is -0.380. The topological polar surface area (TPSA) is 15.3 Å². The highest BCUT2D eigenvalue weighted by Crippen LogP contribution is 2.28. The van der Waals surface area contributed by atoms with Crippen LogP contribution in [0.25, 0.3) is 0 Å². The van der Waals surface area contributed by atoms with E-state index in [1.807, 2.05) is 11.3 Å². The summed E-state index contributed by atoms with van der Waals surface area (Å²) in [5.41, 5.74) is 1.54. The molecule has 1 atom stereocenters. The van der Waals surface area contributed by atoms with Crippen LogP contribution in [0.4, 0.5) is 0 Å². The molecule has 0 saturated carbocycles. The van der Waals surface area contributed by atoms with Crippen LogP contribution in [0, 0.1) is 18.8 Å². The van der Waals surface area contributed by atoms with Gasteiger partial charge in [0.25, 0.3) is 0 Å². The van der Waals surface area contributed by atoms with Crippen molar-refractivity contribution in [3.63, 3.8) is 0 Å². The van der Waals surface area contributed by atoms with Crippen molar-refractivity contribution in [2.45, 2.75) is 60.2 Å². The van der Waals surface area contributed by atoms with E-state index >= 15 is 0 Å². The van der Waals surface area contributed by atoms with E-state index in [1.165, 1.54) is 29.3 Å². The van der Waals surface area contributed by atoms with Crippen molar-refractivity contribution in [3.05, 3.63) is 21.4 Å². The van der Waals surface area contributed by atoms with Crippen LogP contribution in [0.3, 0.4) is 0 Å². The van der Waals surface area contributed by atoms with Gasteiger partial charge in [-0.25, -0.2) is 0 Å². The van der Waals surface area contributed by atoms with E-state index < -0.39 is 0 Å². The second-order valence-corrected chi connectivity index (χ2v) is 8.20. The first kappa shape index (κ1) is 16.0. The number of thiophene rings is 1. The summed E-state index contributed by atoms with van der Waals surface area (Å²) in [6.07, 6.45) is 1.38. The van der Waals surface area contributed by atoms with Crippen molar-refractivity contribution >= 4 is 11.3 Å². The van der Waals surface area contributed by atoms with E-state index in [0.29, 0.717) is 6.04 Å². The van der Waals surface area contributed by atoms with E-state index in [0.717, 1.165) is 24.9 Å². The molecule has 2 rings (SSSR count). The molecular formula is C17H30N2S. The molecule has 0 spiro atoms. The van der Waals surface area contributed by atoms with Gasteiger partial charge < -0.3 is 5.32 Å². The highest BCUT2D eigenvalue weighted by molar-refractivity contribution is 7.12. The molecule has 3 heteroatoms. The van der Waals surface area contributed by atoms with Gasteiger partial charge in [0.15, 0.2) is 0 Å². The minimum Gasteiger partial charge on any atom is -0.310 e. The minimum absolute atomic E-state index is 0.561. The zero-order chi connectivity index (χ0) is 14.7. The third kappa shape index (κ3) is 4.31. The molecule has 0 radical (unpaired) electrons. The zero-order valence-corrected chi connectivity index (χ0v) is 14.5. The number of likely N-dealkylation sites (tertiary alicyclic amines) is 1. The van der Waals surface area contributed by atoms with Crippen molar-refractivity contribution in [2.75, 3.05) is 13.1 Å². The van der Waals surface area contributed by atoms with Crippen LogP contribution in [0.2, 0.25) is 0 Å². The quantitative estimate of drug-likeness (QED) is 0.852. The Labute approximate surface area is 128 Å². The van der Waals surface area contributed by atoms with Gasteiger partial charge >= 0.3 is 0 Å². The molecule has 0 amide bonds. The van der Waals surface area contributed by atoms with Crippen molar-refractivity contribution in [1.82, 2.24) is 10.2 Å². The molecule has 0 bridgehead atoms. The summed E-state index contributed by atoms with van der Waals surface area (Å²) in [5.74, 6) is 1.73. The molecule has 1 unspecified atom stereocenters. The Morgan fingerprint density at radius 3 is 2.70 bits per heavy atom. The normalized spacial score (nSPS) is 20.4. The molecule has 0 aromatic carbocycles. The Balaban J connectivity index is 1.90. The van der Waals surface area contributed by atoms with Gasteiger partial charge in [-0.2, -0.15) is 0 Å². The van der Waals surface area contributed by atoms with E-state index in [1.54, 1.807) is 5.56 Å². The Morgan fingerprint density at radius 2 is 2.10 bits per heavy atom. The molecule has 1 saturated heterocycles. The van der Waals surface area contributed by atoms with Crippen molar-refractivity contribution in [2.24, 2.45) is 11.8 Å². The number of hydrogen-bond acceptors (Lipinski definition) is 3. The summed E-state index contributed by atoms with van der Waals surface area (Å²) in [5, 5.41) is 3.51. The monoisotopic (exact) mass is 294 g/mol. The van der Waals surface area contributed by atoms with Crippen LogP contribution in [0.5, 0.6) is 0 Å². The predicted octanol–water partition coefficient (Wildman–Crippen LogP) is 4.03. The summed E-state index contributed by atoms with van der Waals surface area (Å²) in [4.78, 5) is 5.61. The summed E-state index contributed by atoms with van der Waals surface area (Å²) in [7, 11) is 0. The fourth-order valence-electron chi connectivity index (χ4n) is 2.93. The average molecular weight is 295 g/mol. The molecule has 0 aliphatic carbocycles. The van der Waals surface area contributed by atoms with E-state index in [-0.39, 0.29) is 0 Å². The first-order valence-corrected chi connectivity index (χ1v) is 8.81. The van der Waals surface area contributed by atoms with Gasteiger partial charge in [0.2, 0.25) is 0 Å². The molecule has 1 N–H and O–H groups in total. The molecular weight excluding hydrogens is 264 g/mol. The van der Waals surface area contributed by atoms with Gasteiger partial charge in [-0.05, 0) is 43.4 Å².